The maximum Gasteiger partial charge on any atom is 0.180 e. The first kappa shape index (κ1) is 20.6. The van der Waals surface area contributed by atoms with Gasteiger partial charge in [0, 0.05) is 34.9 Å². The average Bonchev–Trinajstić information content (AvgIpc) is 3.35. The normalized spacial score (nSPS) is 16.8. The lowest BCUT2D eigenvalue weighted by molar-refractivity contribution is 0.0976. The molecular formula is C23H23F2N3OS. The molecule has 7 heteroatoms. The number of rotatable bonds is 7. The largest absolute Gasteiger partial charge is 0.375 e. The number of hydrogen-bond acceptors (Lipinski definition) is 5. The predicted octanol–water partition coefficient (Wildman–Crippen LogP) is 5.12. The molecule has 0 radical (unpaired) electrons. The Kier molecular flexibility index (Phi) is 6.20. The van der Waals surface area contributed by atoms with E-state index in [2.05, 4.69) is 9.88 Å². The van der Waals surface area contributed by atoms with E-state index in [9.17, 15) is 13.6 Å². The summed E-state index contributed by atoms with van der Waals surface area (Å²) in [6.45, 7) is 2.68. The summed E-state index contributed by atoms with van der Waals surface area (Å²) in [7, 11) is 0. The van der Waals surface area contributed by atoms with Crippen molar-refractivity contribution in [2.24, 2.45) is 0 Å². The molecule has 30 heavy (non-hydrogen) atoms. The van der Waals surface area contributed by atoms with E-state index in [1.54, 1.807) is 12.1 Å². The van der Waals surface area contributed by atoms with Gasteiger partial charge >= 0.3 is 0 Å². The zero-order chi connectivity index (χ0) is 21.1. The number of Topliss-reactive ketones (excluding diaryl/α,β-unsaturated/α-hetero) is 1. The molecule has 1 aromatic heterocycles. The fourth-order valence-corrected chi connectivity index (χ4v) is 4.91. The SMILES string of the molecule is Nc1nc(-c2ccc(F)cc2)c(C2CCN(CCCC(=O)c3ccc(F)cc3)C2)s1. The van der Waals surface area contributed by atoms with Crippen LogP contribution in [0.15, 0.2) is 48.5 Å². The van der Waals surface area contributed by atoms with Gasteiger partial charge in [-0.1, -0.05) is 0 Å². The van der Waals surface area contributed by atoms with Gasteiger partial charge in [-0.25, -0.2) is 13.8 Å². The molecule has 1 aliphatic rings. The molecule has 2 heterocycles. The summed E-state index contributed by atoms with van der Waals surface area (Å²) in [4.78, 5) is 20.2. The van der Waals surface area contributed by atoms with Crippen molar-refractivity contribution in [1.82, 2.24) is 9.88 Å². The van der Waals surface area contributed by atoms with Crippen molar-refractivity contribution >= 4 is 22.3 Å². The minimum atomic E-state index is -0.335. The van der Waals surface area contributed by atoms with Crippen LogP contribution in [0.25, 0.3) is 11.3 Å². The fraction of sp³-hybridized carbons (Fsp3) is 0.304. The Hall–Kier alpha value is -2.64. The summed E-state index contributed by atoms with van der Waals surface area (Å²) >= 11 is 1.50. The highest BCUT2D eigenvalue weighted by Gasteiger charge is 2.28. The summed E-state index contributed by atoms with van der Waals surface area (Å²) in [6, 6.07) is 12.1. The molecule has 0 amide bonds. The lowest BCUT2D eigenvalue weighted by Gasteiger charge is -2.15. The van der Waals surface area contributed by atoms with Crippen LogP contribution >= 0.6 is 11.3 Å². The van der Waals surface area contributed by atoms with E-state index in [-0.39, 0.29) is 17.4 Å². The minimum absolute atomic E-state index is 0.0413. The number of aromatic nitrogens is 1. The summed E-state index contributed by atoms with van der Waals surface area (Å²) in [5.41, 5.74) is 8.26. The van der Waals surface area contributed by atoms with Gasteiger partial charge in [0.2, 0.25) is 0 Å². The maximum absolute atomic E-state index is 13.3. The molecule has 1 atom stereocenters. The second kappa shape index (κ2) is 9.02. The number of carbonyl (C=O) groups excluding carboxylic acids is 1. The number of nitrogen functional groups attached to an aromatic ring is 1. The first-order valence-electron chi connectivity index (χ1n) is 10.0. The van der Waals surface area contributed by atoms with Crippen LogP contribution in [-0.2, 0) is 0 Å². The number of nitrogens with two attached hydrogens (primary N) is 1. The molecule has 2 aromatic carbocycles. The van der Waals surface area contributed by atoms with Crippen LogP contribution < -0.4 is 5.73 Å². The first-order chi connectivity index (χ1) is 14.5. The Balaban J connectivity index is 1.34. The number of benzene rings is 2. The van der Waals surface area contributed by atoms with Crippen LogP contribution in [0.3, 0.4) is 0 Å². The zero-order valence-electron chi connectivity index (χ0n) is 16.5. The van der Waals surface area contributed by atoms with E-state index in [0.29, 0.717) is 23.0 Å². The van der Waals surface area contributed by atoms with Gasteiger partial charge in [0.25, 0.3) is 0 Å². The highest BCUT2D eigenvalue weighted by Crippen LogP contribution is 2.39. The average molecular weight is 428 g/mol. The number of ketones is 1. The second-order valence-corrected chi connectivity index (χ2v) is 8.65. The van der Waals surface area contributed by atoms with Crippen LogP contribution in [0.4, 0.5) is 13.9 Å². The smallest absolute Gasteiger partial charge is 0.180 e. The van der Waals surface area contributed by atoms with Crippen molar-refractivity contribution in [1.29, 1.82) is 0 Å². The zero-order valence-corrected chi connectivity index (χ0v) is 17.3. The minimum Gasteiger partial charge on any atom is -0.375 e. The second-order valence-electron chi connectivity index (χ2n) is 7.59. The number of carbonyl (C=O) groups is 1. The molecular weight excluding hydrogens is 404 g/mol. The Morgan fingerprint density at radius 2 is 1.77 bits per heavy atom. The maximum atomic E-state index is 13.3. The van der Waals surface area contributed by atoms with Crippen molar-refractivity contribution in [2.45, 2.75) is 25.2 Å². The molecule has 156 valence electrons. The fourth-order valence-electron chi connectivity index (χ4n) is 3.93. The van der Waals surface area contributed by atoms with Gasteiger partial charge in [0.1, 0.15) is 11.6 Å². The molecule has 4 rings (SSSR count). The molecule has 0 aliphatic carbocycles. The van der Waals surface area contributed by atoms with Crippen molar-refractivity contribution in [3.8, 4) is 11.3 Å². The van der Waals surface area contributed by atoms with E-state index in [1.165, 1.54) is 47.7 Å². The van der Waals surface area contributed by atoms with Crippen LogP contribution in [0, 0.1) is 11.6 Å². The van der Waals surface area contributed by atoms with Gasteiger partial charge in [-0.15, -0.1) is 11.3 Å². The number of anilines is 1. The predicted molar refractivity (Wildman–Crippen MR) is 116 cm³/mol. The number of halogens is 2. The highest BCUT2D eigenvalue weighted by atomic mass is 32.1. The number of hydrogen-bond donors (Lipinski definition) is 1. The van der Waals surface area contributed by atoms with Crippen molar-refractivity contribution in [3.63, 3.8) is 0 Å². The topological polar surface area (TPSA) is 59.2 Å². The monoisotopic (exact) mass is 427 g/mol. The van der Waals surface area contributed by atoms with E-state index in [1.807, 2.05) is 0 Å². The third-order valence-corrected chi connectivity index (χ3v) is 6.52. The molecule has 1 unspecified atom stereocenters. The van der Waals surface area contributed by atoms with E-state index in [4.69, 9.17) is 5.73 Å². The van der Waals surface area contributed by atoms with Crippen molar-refractivity contribution in [3.05, 3.63) is 70.6 Å². The lowest BCUT2D eigenvalue weighted by Crippen LogP contribution is -2.22. The molecule has 1 aliphatic heterocycles. The van der Waals surface area contributed by atoms with Gasteiger partial charge < -0.3 is 10.6 Å². The van der Waals surface area contributed by atoms with Crippen LogP contribution in [0.2, 0.25) is 0 Å². The van der Waals surface area contributed by atoms with Gasteiger partial charge in [0.05, 0.1) is 5.69 Å². The molecule has 1 saturated heterocycles. The summed E-state index contributed by atoms with van der Waals surface area (Å²) in [5.74, 6) is -0.240. The Bertz CT molecular complexity index is 1020. The number of likely N-dealkylation sites (tertiary alicyclic amines) is 1. The van der Waals surface area contributed by atoms with Crippen LogP contribution in [0.1, 0.15) is 40.4 Å². The molecule has 4 nitrogen and oxygen atoms in total. The van der Waals surface area contributed by atoms with Gasteiger partial charge in [-0.3, -0.25) is 4.79 Å². The summed E-state index contributed by atoms with van der Waals surface area (Å²) < 4.78 is 26.3. The molecule has 0 spiro atoms. The third-order valence-electron chi connectivity index (χ3n) is 5.48. The summed E-state index contributed by atoms with van der Waals surface area (Å²) in [5, 5.41) is 0.521. The van der Waals surface area contributed by atoms with E-state index >= 15 is 0 Å². The van der Waals surface area contributed by atoms with Crippen LogP contribution in [-0.4, -0.2) is 35.3 Å². The molecule has 0 bridgehead atoms. The Morgan fingerprint density at radius 1 is 1.10 bits per heavy atom. The van der Waals surface area contributed by atoms with Gasteiger partial charge in [0.15, 0.2) is 10.9 Å². The standard InChI is InChI=1S/C23H23F2N3OS/c24-18-7-3-15(4-8-18)20(29)2-1-12-28-13-11-17(14-28)22-21(27-23(26)30-22)16-5-9-19(25)10-6-16/h3-10,17H,1-2,11-14H2,(H2,26,27). The molecule has 0 saturated carbocycles. The van der Waals surface area contributed by atoms with Crippen LogP contribution in [0.5, 0.6) is 0 Å². The lowest BCUT2D eigenvalue weighted by atomic mass is 10.0. The van der Waals surface area contributed by atoms with E-state index in [0.717, 1.165) is 48.6 Å². The quantitative estimate of drug-likeness (QED) is 0.532. The third kappa shape index (κ3) is 4.74. The molecule has 2 N–H and O–H groups in total. The Morgan fingerprint density at radius 3 is 2.47 bits per heavy atom. The molecule has 1 fully saturated rings. The number of nitrogens with zero attached hydrogens (tertiary/aromatic N) is 2. The van der Waals surface area contributed by atoms with E-state index < -0.39 is 0 Å². The Labute approximate surface area is 178 Å². The summed E-state index contributed by atoms with van der Waals surface area (Å²) in [6.07, 6.45) is 2.21. The number of thiazole rings is 1. The molecule has 3 aromatic rings. The highest BCUT2D eigenvalue weighted by molar-refractivity contribution is 7.15. The van der Waals surface area contributed by atoms with Gasteiger partial charge in [-0.2, -0.15) is 0 Å². The van der Waals surface area contributed by atoms with Gasteiger partial charge in [-0.05, 0) is 74.5 Å². The van der Waals surface area contributed by atoms with Crippen molar-refractivity contribution < 1.29 is 13.6 Å². The first-order valence-corrected chi connectivity index (χ1v) is 10.8. The van der Waals surface area contributed by atoms with Crippen molar-refractivity contribution in [2.75, 3.05) is 25.4 Å².